The van der Waals surface area contributed by atoms with E-state index >= 15 is 0 Å². The Hall–Kier alpha value is -1.30. The molecule has 0 aliphatic carbocycles. The highest BCUT2D eigenvalue weighted by Crippen LogP contribution is 2.17. The lowest BCUT2D eigenvalue weighted by Gasteiger charge is -2.04. The summed E-state index contributed by atoms with van der Waals surface area (Å²) in [5.74, 6) is 0.702. The Kier molecular flexibility index (Phi) is 4.18. The van der Waals surface area contributed by atoms with Crippen molar-refractivity contribution >= 4 is 5.57 Å². The van der Waals surface area contributed by atoms with Gasteiger partial charge in [0.05, 0.1) is 0 Å². The Labute approximate surface area is 87.0 Å². The molecule has 1 rings (SSSR count). The lowest BCUT2D eigenvalue weighted by molar-refractivity contribution is 0.664. The summed E-state index contributed by atoms with van der Waals surface area (Å²) >= 11 is 0. The summed E-state index contributed by atoms with van der Waals surface area (Å²) in [6.07, 6.45) is 5.29. The van der Waals surface area contributed by atoms with Gasteiger partial charge in [0, 0.05) is 0 Å². The van der Waals surface area contributed by atoms with Gasteiger partial charge in [-0.15, -0.1) is 0 Å². The van der Waals surface area contributed by atoms with E-state index in [-0.39, 0.29) is 0 Å². The number of rotatable bonds is 4. The molecule has 0 radical (unpaired) electrons. The van der Waals surface area contributed by atoms with Crippen molar-refractivity contribution in [2.24, 2.45) is 5.92 Å². The average molecular weight is 186 g/mol. The molecule has 0 aliphatic heterocycles. The van der Waals surface area contributed by atoms with E-state index in [9.17, 15) is 0 Å². The van der Waals surface area contributed by atoms with E-state index in [0.717, 1.165) is 6.42 Å². The molecule has 0 fully saturated rings. The Morgan fingerprint density at radius 1 is 1.29 bits per heavy atom. The van der Waals surface area contributed by atoms with Crippen LogP contribution in [-0.4, -0.2) is 0 Å². The van der Waals surface area contributed by atoms with Crippen LogP contribution in [0.25, 0.3) is 5.57 Å². The second kappa shape index (κ2) is 5.43. The first-order chi connectivity index (χ1) is 6.74. The lowest BCUT2D eigenvalue weighted by atomic mass is 10.0. The van der Waals surface area contributed by atoms with Gasteiger partial charge in [-0.3, -0.25) is 0 Å². The normalized spacial score (nSPS) is 11.8. The van der Waals surface area contributed by atoms with Crippen LogP contribution in [0.15, 0.2) is 49.1 Å². The number of benzene rings is 1. The van der Waals surface area contributed by atoms with E-state index in [1.807, 2.05) is 12.1 Å². The molecule has 0 heterocycles. The molecule has 0 unspecified atom stereocenters. The van der Waals surface area contributed by atoms with Gasteiger partial charge in [-0.1, -0.05) is 62.9 Å². The first-order valence-corrected chi connectivity index (χ1v) is 5.12. The number of hydrogen-bond donors (Lipinski definition) is 0. The van der Waals surface area contributed by atoms with Crippen molar-refractivity contribution < 1.29 is 0 Å². The molecule has 0 aliphatic rings. The summed E-state index contributed by atoms with van der Waals surface area (Å²) in [7, 11) is 0. The van der Waals surface area contributed by atoms with E-state index in [2.05, 4.69) is 50.8 Å². The minimum Gasteiger partial charge on any atom is -0.0985 e. The van der Waals surface area contributed by atoms with Crippen LogP contribution in [0.4, 0.5) is 0 Å². The fraction of sp³-hybridized carbons (Fsp3) is 0.286. The zero-order valence-electron chi connectivity index (χ0n) is 9.03. The third-order valence-corrected chi connectivity index (χ3v) is 2.14. The molecule has 1 aromatic carbocycles. The maximum atomic E-state index is 3.85. The predicted molar refractivity (Wildman–Crippen MR) is 64.1 cm³/mol. The molecule has 0 amide bonds. The molecule has 0 N–H and O–H groups in total. The highest BCUT2D eigenvalue weighted by atomic mass is 14.0. The van der Waals surface area contributed by atoms with Crippen LogP contribution in [0.3, 0.4) is 0 Å². The summed E-state index contributed by atoms with van der Waals surface area (Å²) < 4.78 is 0. The molecule has 0 nitrogen and oxygen atoms in total. The maximum Gasteiger partial charge on any atom is -0.0187 e. The predicted octanol–water partition coefficient (Wildman–Crippen LogP) is 4.30. The van der Waals surface area contributed by atoms with Gasteiger partial charge in [0.1, 0.15) is 0 Å². The first-order valence-electron chi connectivity index (χ1n) is 5.12. The third-order valence-electron chi connectivity index (χ3n) is 2.14. The molecular formula is C14H18. The second-order valence-corrected chi connectivity index (χ2v) is 3.86. The molecule has 74 valence electrons. The van der Waals surface area contributed by atoms with Gasteiger partial charge < -0.3 is 0 Å². The molecular weight excluding hydrogens is 168 g/mol. The van der Waals surface area contributed by atoms with Crippen molar-refractivity contribution in [1.82, 2.24) is 0 Å². The van der Waals surface area contributed by atoms with Crippen LogP contribution in [0, 0.1) is 5.92 Å². The van der Waals surface area contributed by atoms with Gasteiger partial charge in [0.2, 0.25) is 0 Å². The molecule has 14 heavy (non-hydrogen) atoms. The van der Waals surface area contributed by atoms with Crippen molar-refractivity contribution in [3.8, 4) is 0 Å². The van der Waals surface area contributed by atoms with Crippen LogP contribution in [0.2, 0.25) is 0 Å². The lowest BCUT2D eigenvalue weighted by Crippen LogP contribution is -1.85. The van der Waals surface area contributed by atoms with Crippen LogP contribution >= 0.6 is 0 Å². The van der Waals surface area contributed by atoms with Crippen molar-refractivity contribution in [3.05, 3.63) is 54.6 Å². The van der Waals surface area contributed by atoms with Crippen molar-refractivity contribution in [1.29, 1.82) is 0 Å². The molecule has 0 heteroatoms. The fourth-order valence-electron chi connectivity index (χ4n) is 1.31. The standard InChI is InChI=1S/C14H18/c1-4-13(11-10-12(2)3)14-8-6-5-7-9-14/h4-9,11-12H,1,10H2,2-3H3/b13-11-. The minimum absolute atomic E-state index is 0.702. The Bertz CT molecular complexity index is 304. The van der Waals surface area contributed by atoms with Crippen LogP contribution in [0.1, 0.15) is 25.8 Å². The molecule has 0 saturated carbocycles. The van der Waals surface area contributed by atoms with Gasteiger partial charge in [0.15, 0.2) is 0 Å². The minimum atomic E-state index is 0.702. The van der Waals surface area contributed by atoms with Gasteiger partial charge in [0.25, 0.3) is 0 Å². The van der Waals surface area contributed by atoms with Gasteiger partial charge in [-0.25, -0.2) is 0 Å². The molecule has 0 bridgehead atoms. The number of allylic oxidation sites excluding steroid dienone is 3. The summed E-state index contributed by atoms with van der Waals surface area (Å²) in [5.41, 5.74) is 2.49. The van der Waals surface area contributed by atoms with Crippen LogP contribution in [-0.2, 0) is 0 Å². The summed E-state index contributed by atoms with van der Waals surface area (Å²) in [4.78, 5) is 0. The van der Waals surface area contributed by atoms with Crippen molar-refractivity contribution in [3.63, 3.8) is 0 Å². The third kappa shape index (κ3) is 3.21. The molecule has 0 atom stereocenters. The number of hydrogen-bond acceptors (Lipinski definition) is 0. The van der Waals surface area contributed by atoms with Gasteiger partial charge >= 0.3 is 0 Å². The highest BCUT2D eigenvalue weighted by Gasteiger charge is 1.96. The molecule has 0 spiro atoms. The summed E-state index contributed by atoms with van der Waals surface area (Å²) in [5, 5.41) is 0. The van der Waals surface area contributed by atoms with Crippen molar-refractivity contribution in [2.75, 3.05) is 0 Å². The largest absolute Gasteiger partial charge is 0.0985 e. The van der Waals surface area contributed by atoms with Crippen LogP contribution < -0.4 is 0 Å². The Morgan fingerprint density at radius 2 is 1.93 bits per heavy atom. The zero-order valence-corrected chi connectivity index (χ0v) is 9.03. The Morgan fingerprint density at radius 3 is 2.43 bits per heavy atom. The Balaban J connectivity index is 2.82. The van der Waals surface area contributed by atoms with Gasteiger partial charge in [-0.2, -0.15) is 0 Å². The quantitative estimate of drug-likeness (QED) is 0.615. The molecule has 0 aromatic heterocycles. The first kappa shape index (κ1) is 10.8. The maximum absolute atomic E-state index is 3.85. The van der Waals surface area contributed by atoms with Crippen LogP contribution in [0.5, 0.6) is 0 Å². The summed E-state index contributed by atoms with van der Waals surface area (Å²) in [6, 6.07) is 10.4. The zero-order chi connectivity index (χ0) is 10.4. The fourth-order valence-corrected chi connectivity index (χ4v) is 1.31. The summed E-state index contributed by atoms with van der Waals surface area (Å²) in [6.45, 7) is 8.30. The monoisotopic (exact) mass is 186 g/mol. The van der Waals surface area contributed by atoms with E-state index in [4.69, 9.17) is 0 Å². The van der Waals surface area contributed by atoms with E-state index in [1.165, 1.54) is 11.1 Å². The van der Waals surface area contributed by atoms with E-state index in [1.54, 1.807) is 0 Å². The topological polar surface area (TPSA) is 0 Å². The second-order valence-electron chi connectivity index (χ2n) is 3.86. The van der Waals surface area contributed by atoms with Crippen molar-refractivity contribution in [2.45, 2.75) is 20.3 Å². The SMILES string of the molecule is C=C/C(=C/CC(C)C)c1ccccc1. The average Bonchev–Trinajstić information content (AvgIpc) is 2.20. The molecule has 0 saturated heterocycles. The highest BCUT2D eigenvalue weighted by molar-refractivity contribution is 5.73. The van der Waals surface area contributed by atoms with E-state index in [0.29, 0.717) is 5.92 Å². The van der Waals surface area contributed by atoms with Gasteiger partial charge in [-0.05, 0) is 23.5 Å². The van der Waals surface area contributed by atoms with E-state index < -0.39 is 0 Å². The molecule has 1 aromatic rings. The smallest absolute Gasteiger partial charge is 0.0187 e.